The number of rotatable bonds is 2. The van der Waals surface area contributed by atoms with Crippen molar-refractivity contribution >= 4 is 22.4 Å². The van der Waals surface area contributed by atoms with Crippen LogP contribution in [0.15, 0.2) is 0 Å². The van der Waals surface area contributed by atoms with Crippen LogP contribution in [-0.4, -0.2) is 27.5 Å². The molecular weight excluding hydrogens is 188 g/mol. The Morgan fingerprint density at radius 1 is 1.54 bits per heavy atom. The van der Waals surface area contributed by atoms with Crippen LogP contribution in [0.2, 0.25) is 0 Å². The average Bonchev–Trinajstić information content (AvgIpc) is 2.64. The number of nitrogen functional groups attached to an aromatic ring is 1. The van der Waals surface area contributed by atoms with Gasteiger partial charge in [0, 0.05) is 13.0 Å². The lowest BCUT2D eigenvalue weighted by Crippen LogP contribution is -2.23. The van der Waals surface area contributed by atoms with Gasteiger partial charge in [-0.1, -0.05) is 11.3 Å². The molecule has 0 bridgehead atoms. The first-order valence-corrected chi connectivity index (χ1v) is 4.93. The third-order valence-corrected chi connectivity index (χ3v) is 2.72. The van der Waals surface area contributed by atoms with Crippen LogP contribution in [-0.2, 0) is 11.3 Å². The molecular formula is C7H10N4OS. The third-order valence-electron chi connectivity index (χ3n) is 1.98. The molecule has 2 rings (SSSR count). The van der Waals surface area contributed by atoms with Crippen molar-refractivity contribution < 1.29 is 4.79 Å². The van der Waals surface area contributed by atoms with E-state index in [4.69, 9.17) is 5.73 Å². The van der Waals surface area contributed by atoms with E-state index >= 15 is 0 Å². The molecule has 2 heterocycles. The second-order valence-corrected chi connectivity index (χ2v) is 4.05. The topological polar surface area (TPSA) is 72.1 Å². The van der Waals surface area contributed by atoms with Gasteiger partial charge in [0.2, 0.25) is 11.0 Å². The molecule has 6 heteroatoms. The molecule has 1 aliphatic rings. The highest BCUT2D eigenvalue weighted by Gasteiger charge is 2.21. The Morgan fingerprint density at radius 2 is 2.38 bits per heavy atom. The van der Waals surface area contributed by atoms with Gasteiger partial charge in [0.1, 0.15) is 5.01 Å². The van der Waals surface area contributed by atoms with Crippen LogP contribution >= 0.6 is 11.3 Å². The van der Waals surface area contributed by atoms with Gasteiger partial charge in [-0.05, 0) is 6.42 Å². The Bertz CT molecular complexity index is 324. The Hall–Kier alpha value is -1.17. The predicted octanol–water partition coefficient (Wildman–Crippen LogP) is 0.243. The van der Waals surface area contributed by atoms with E-state index in [1.807, 2.05) is 0 Å². The van der Waals surface area contributed by atoms with Gasteiger partial charge in [0.25, 0.3) is 0 Å². The summed E-state index contributed by atoms with van der Waals surface area (Å²) in [6, 6.07) is 0. The maximum absolute atomic E-state index is 11.2. The number of nitrogens with two attached hydrogens (primary N) is 1. The van der Waals surface area contributed by atoms with E-state index in [9.17, 15) is 4.79 Å². The van der Waals surface area contributed by atoms with E-state index in [0.717, 1.165) is 18.0 Å². The molecule has 0 saturated carbocycles. The third kappa shape index (κ3) is 1.77. The van der Waals surface area contributed by atoms with E-state index in [1.165, 1.54) is 11.3 Å². The van der Waals surface area contributed by atoms with E-state index < -0.39 is 0 Å². The highest BCUT2D eigenvalue weighted by atomic mass is 32.1. The number of amides is 1. The van der Waals surface area contributed by atoms with Gasteiger partial charge in [0.15, 0.2) is 0 Å². The lowest BCUT2D eigenvalue weighted by atomic mass is 10.4. The minimum atomic E-state index is 0.203. The normalized spacial score (nSPS) is 16.9. The summed E-state index contributed by atoms with van der Waals surface area (Å²) in [4.78, 5) is 13.0. The molecule has 0 atom stereocenters. The molecule has 1 fully saturated rings. The number of aromatic nitrogens is 2. The minimum absolute atomic E-state index is 0.203. The molecule has 0 spiro atoms. The Morgan fingerprint density at radius 3 is 2.92 bits per heavy atom. The summed E-state index contributed by atoms with van der Waals surface area (Å²) in [6.45, 7) is 1.39. The highest BCUT2D eigenvalue weighted by Crippen LogP contribution is 2.17. The first-order valence-electron chi connectivity index (χ1n) is 4.11. The van der Waals surface area contributed by atoms with Crippen LogP contribution in [0, 0.1) is 0 Å². The standard InChI is InChI=1S/C7H10N4OS/c8-7-10-9-5(13-7)4-11-3-1-2-6(11)12/h1-4H2,(H2,8,10). The fourth-order valence-corrected chi connectivity index (χ4v) is 1.99. The summed E-state index contributed by atoms with van der Waals surface area (Å²) in [5.41, 5.74) is 5.43. The zero-order valence-electron chi connectivity index (χ0n) is 7.06. The van der Waals surface area contributed by atoms with Crippen LogP contribution in [0.3, 0.4) is 0 Å². The second kappa shape index (κ2) is 3.29. The number of hydrogen-bond donors (Lipinski definition) is 1. The van der Waals surface area contributed by atoms with E-state index in [2.05, 4.69) is 10.2 Å². The Labute approximate surface area is 79.6 Å². The molecule has 0 aromatic carbocycles. The van der Waals surface area contributed by atoms with E-state index in [1.54, 1.807) is 4.90 Å². The van der Waals surface area contributed by atoms with Gasteiger partial charge in [-0.3, -0.25) is 4.79 Å². The summed E-state index contributed by atoms with van der Waals surface area (Å²) >= 11 is 1.34. The van der Waals surface area contributed by atoms with Crippen molar-refractivity contribution in [3.63, 3.8) is 0 Å². The molecule has 0 unspecified atom stereocenters. The zero-order valence-corrected chi connectivity index (χ0v) is 7.88. The summed E-state index contributed by atoms with van der Waals surface area (Å²) in [5, 5.41) is 8.83. The molecule has 0 aliphatic carbocycles. The minimum Gasteiger partial charge on any atom is -0.374 e. The molecule has 1 aromatic heterocycles. The summed E-state index contributed by atoms with van der Waals surface area (Å²) in [7, 11) is 0. The maximum atomic E-state index is 11.2. The number of hydrogen-bond acceptors (Lipinski definition) is 5. The van der Waals surface area contributed by atoms with Gasteiger partial charge in [-0.25, -0.2) is 0 Å². The van der Waals surface area contributed by atoms with Crippen molar-refractivity contribution in [1.29, 1.82) is 0 Å². The van der Waals surface area contributed by atoms with Gasteiger partial charge in [-0.15, -0.1) is 10.2 Å². The molecule has 70 valence electrons. The van der Waals surface area contributed by atoms with Gasteiger partial charge in [0.05, 0.1) is 6.54 Å². The number of nitrogens with zero attached hydrogens (tertiary/aromatic N) is 3. The van der Waals surface area contributed by atoms with E-state index in [0.29, 0.717) is 18.1 Å². The number of likely N-dealkylation sites (tertiary alicyclic amines) is 1. The predicted molar refractivity (Wildman–Crippen MR) is 49.0 cm³/mol. The largest absolute Gasteiger partial charge is 0.374 e. The average molecular weight is 198 g/mol. The SMILES string of the molecule is Nc1nnc(CN2CCCC2=O)s1. The number of carbonyl (C=O) groups is 1. The second-order valence-electron chi connectivity index (χ2n) is 2.95. The molecule has 0 radical (unpaired) electrons. The Balaban J connectivity index is 2.01. The smallest absolute Gasteiger partial charge is 0.223 e. The van der Waals surface area contributed by atoms with Crippen molar-refractivity contribution in [2.24, 2.45) is 0 Å². The monoisotopic (exact) mass is 198 g/mol. The van der Waals surface area contributed by atoms with Crippen molar-refractivity contribution in [2.75, 3.05) is 12.3 Å². The molecule has 1 saturated heterocycles. The van der Waals surface area contributed by atoms with Crippen LogP contribution < -0.4 is 5.73 Å². The maximum Gasteiger partial charge on any atom is 0.223 e. The fraction of sp³-hybridized carbons (Fsp3) is 0.571. The van der Waals surface area contributed by atoms with Gasteiger partial charge >= 0.3 is 0 Å². The molecule has 5 nitrogen and oxygen atoms in total. The highest BCUT2D eigenvalue weighted by molar-refractivity contribution is 7.15. The molecule has 2 N–H and O–H groups in total. The first kappa shape index (κ1) is 8.43. The zero-order chi connectivity index (χ0) is 9.26. The van der Waals surface area contributed by atoms with Crippen LogP contribution in [0.4, 0.5) is 5.13 Å². The van der Waals surface area contributed by atoms with Crippen LogP contribution in [0.5, 0.6) is 0 Å². The summed E-state index contributed by atoms with van der Waals surface area (Å²) in [5.74, 6) is 0.203. The Kier molecular flexibility index (Phi) is 2.13. The molecule has 1 aliphatic heterocycles. The van der Waals surface area contributed by atoms with Crippen molar-refractivity contribution in [1.82, 2.24) is 15.1 Å². The van der Waals surface area contributed by atoms with Crippen molar-refractivity contribution in [3.8, 4) is 0 Å². The molecule has 1 amide bonds. The summed E-state index contributed by atoms with van der Waals surface area (Å²) in [6.07, 6.45) is 1.61. The molecule has 13 heavy (non-hydrogen) atoms. The van der Waals surface area contributed by atoms with Crippen molar-refractivity contribution in [3.05, 3.63) is 5.01 Å². The van der Waals surface area contributed by atoms with Crippen LogP contribution in [0.25, 0.3) is 0 Å². The van der Waals surface area contributed by atoms with Gasteiger partial charge < -0.3 is 10.6 Å². The number of anilines is 1. The summed E-state index contributed by atoms with van der Waals surface area (Å²) < 4.78 is 0. The lowest BCUT2D eigenvalue weighted by molar-refractivity contribution is -0.128. The number of carbonyl (C=O) groups excluding carboxylic acids is 1. The van der Waals surface area contributed by atoms with Gasteiger partial charge in [-0.2, -0.15) is 0 Å². The van der Waals surface area contributed by atoms with Crippen molar-refractivity contribution in [2.45, 2.75) is 19.4 Å². The quantitative estimate of drug-likeness (QED) is 0.739. The van der Waals surface area contributed by atoms with Crippen LogP contribution in [0.1, 0.15) is 17.8 Å². The first-order chi connectivity index (χ1) is 6.25. The van der Waals surface area contributed by atoms with E-state index in [-0.39, 0.29) is 5.91 Å². The lowest BCUT2D eigenvalue weighted by Gasteiger charge is -2.11. The fourth-order valence-electron chi connectivity index (χ4n) is 1.36. The molecule has 1 aromatic rings.